The van der Waals surface area contributed by atoms with Gasteiger partial charge in [-0.05, 0) is 61.5 Å². The summed E-state index contributed by atoms with van der Waals surface area (Å²) < 4.78 is 44.9. The van der Waals surface area contributed by atoms with Crippen LogP contribution in [0, 0.1) is 11.3 Å². The zero-order valence-corrected chi connectivity index (χ0v) is 30.5. The quantitative estimate of drug-likeness (QED) is 0.392. The van der Waals surface area contributed by atoms with E-state index in [4.69, 9.17) is 14.2 Å². The molecule has 6 rings (SSSR count). The van der Waals surface area contributed by atoms with Gasteiger partial charge in [0.2, 0.25) is 21.8 Å². The van der Waals surface area contributed by atoms with Crippen molar-refractivity contribution in [1.82, 2.24) is 25.2 Å². The number of nitrogens with zero attached hydrogens (tertiary/aromatic N) is 2. The number of hydrogen-bond acceptors (Lipinski definition) is 10. The van der Waals surface area contributed by atoms with Crippen LogP contribution < -0.4 is 20.1 Å². The molecule has 0 aromatic heterocycles. The maximum atomic E-state index is 14.4. The van der Waals surface area contributed by atoms with Crippen LogP contribution in [-0.2, 0) is 47.0 Å². The molecule has 2 saturated carbocycles. The van der Waals surface area contributed by atoms with Gasteiger partial charge in [-0.15, -0.1) is 0 Å². The van der Waals surface area contributed by atoms with Crippen LogP contribution in [0.2, 0.25) is 0 Å². The van der Waals surface area contributed by atoms with Crippen molar-refractivity contribution < 1.29 is 46.6 Å². The Kier molecular flexibility index (Phi) is 10.2. The first-order valence-electron chi connectivity index (χ1n) is 17.9. The Morgan fingerprint density at radius 3 is 2.43 bits per heavy atom. The summed E-state index contributed by atoms with van der Waals surface area (Å²) in [7, 11) is -3.88. The molecule has 1 aromatic rings. The molecule has 16 heteroatoms. The van der Waals surface area contributed by atoms with Gasteiger partial charge < -0.3 is 29.7 Å². The topological polar surface area (TPSA) is 190 Å². The van der Waals surface area contributed by atoms with E-state index >= 15 is 0 Å². The third-order valence-electron chi connectivity index (χ3n) is 10.5. The Labute approximate surface area is 298 Å². The number of ether oxygens (including phenoxy) is 3. The molecule has 2 aliphatic carbocycles. The SMILES string of the molecule is CC[C@H]1C[C@@]1(NC(=O)[C@@H]1CC2CN1C(=O)[C@H](C(C)(C)C)NC(=O)OCCCCCOc1cccc3c1CN(C3)C(=O)O2)C(=O)NS(=O)(=O)C1CC1. The summed E-state index contributed by atoms with van der Waals surface area (Å²) in [6.07, 6.45) is 1.36. The number of cyclic esters (lactones) is 1. The fraction of sp³-hybridized carbons (Fsp3) is 0.686. The van der Waals surface area contributed by atoms with Crippen molar-refractivity contribution in [1.29, 1.82) is 0 Å². The van der Waals surface area contributed by atoms with Gasteiger partial charge in [-0.3, -0.25) is 24.0 Å². The molecule has 1 saturated heterocycles. The van der Waals surface area contributed by atoms with Gasteiger partial charge in [0.15, 0.2) is 0 Å². The first-order chi connectivity index (χ1) is 24.1. The van der Waals surface area contributed by atoms with Crippen LogP contribution in [0.15, 0.2) is 18.2 Å². The molecule has 3 aliphatic heterocycles. The fourth-order valence-corrected chi connectivity index (χ4v) is 8.61. The van der Waals surface area contributed by atoms with Crippen LogP contribution in [0.25, 0.3) is 0 Å². The summed E-state index contributed by atoms with van der Waals surface area (Å²) >= 11 is 0. The van der Waals surface area contributed by atoms with E-state index in [1.54, 1.807) is 25.7 Å². The number of alkyl carbamates (subject to hydrolysis) is 1. The van der Waals surface area contributed by atoms with Gasteiger partial charge >= 0.3 is 12.2 Å². The highest BCUT2D eigenvalue weighted by molar-refractivity contribution is 7.91. The highest BCUT2D eigenvalue weighted by Gasteiger charge is 2.62. The molecule has 4 bridgehead atoms. The molecule has 5 amide bonds. The van der Waals surface area contributed by atoms with Crippen molar-refractivity contribution >= 4 is 39.9 Å². The van der Waals surface area contributed by atoms with Gasteiger partial charge in [0.05, 0.1) is 31.6 Å². The number of carbonyl (C=O) groups is 5. The maximum absolute atomic E-state index is 14.4. The predicted octanol–water partition coefficient (Wildman–Crippen LogP) is 2.71. The number of rotatable bonds is 6. The van der Waals surface area contributed by atoms with Crippen LogP contribution in [0.3, 0.4) is 0 Å². The first-order valence-corrected chi connectivity index (χ1v) is 19.5. The Balaban J connectivity index is 1.26. The van der Waals surface area contributed by atoms with E-state index in [-0.39, 0.29) is 38.5 Å². The van der Waals surface area contributed by atoms with Crippen molar-refractivity contribution in [3.05, 3.63) is 29.3 Å². The Hall–Kier alpha value is -4.08. The van der Waals surface area contributed by atoms with Crippen LogP contribution in [-0.4, -0.2) is 96.9 Å². The molecule has 0 radical (unpaired) electrons. The van der Waals surface area contributed by atoms with Gasteiger partial charge in [0, 0.05) is 18.5 Å². The molecule has 15 nitrogen and oxygen atoms in total. The zero-order chi connectivity index (χ0) is 36.7. The van der Waals surface area contributed by atoms with Gasteiger partial charge in [0.25, 0.3) is 5.91 Å². The lowest BCUT2D eigenvalue weighted by Crippen LogP contribution is -2.60. The summed E-state index contributed by atoms with van der Waals surface area (Å²) in [6.45, 7) is 8.18. The summed E-state index contributed by atoms with van der Waals surface area (Å²) in [6, 6.07) is 3.35. The van der Waals surface area contributed by atoms with E-state index in [1.807, 2.05) is 25.1 Å². The average Bonchev–Trinajstić information content (AvgIpc) is 3.96. The number of benzene rings is 1. The minimum atomic E-state index is -3.88. The number of amides is 5. The van der Waals surface area contributed by atoms with Crippen LogP contribution in [0.1, 0.15) is 90.2 Å². The van der Waals surface area contributed by atoms with Gasteiger partial charge in [-0.25, -0.2) is 18.0 Å². The van der Waals surface area contributed by atoms with E-state index < -0.39 is 74.3 Å². The van der Waals surface area contributed by atoms with Crippen LogP contribution >= 0.6 is 0 Å². The van der Waals surface area contributed by atoms with Crippen molar-refractivity contribution in [2.75, 3.05) is 19.8 Å². The lowest BCUT2D eigenvalue weighted by Gasteiger charge is -2.35. The molecule has 51 heavy (non-hydrogen) atoms. The number of nitrogens with one attached hydrogen (secondary N) is 3. The molecule has 0 spiro atoms. The second-order valence-electron chi connectivity index (χ2n) is 15.4. The molecular weight excluding hydrogens is 682 g/mol. The summed E-state index contributed by atoms with van der Waals surface area (Å²) in [5.74, 6) is -1.69. The van der Waals surface area contributed by atoms with E-state index in [1.165, 1.54) is 4.90 Å². The predicted molar refractivity (Wildman–Crippen MR) is 183 cm³/mol. The molecule has 5 atom stereocenters. The van der Waals surface area contributed by atoms with E-state index in [0.29, 0.717) is 44.6 Å². The third kappa shape index (κ3) is 7.90. The van der Waals surface area contributed by atoms with Crippen LogP contribution in [0.5, 0.6) is 5.75 Å². The number of hydrogen-bond donors (Lipinski definition) is 3. The Morgan fingerprint density at radius 1 is 1.04 bits per heavy atom. The number of carbonyl (C=O) groups excluding carboxylic acids is 5. The lowest BCUT2D eigenvalue weighted by molar-refractivity contribution is -0.143. The number of fused-ring (bicyclic) bond motifs is 3. The van der Waals surface area contributed by atoms with Crippen molar-refractivity contribution in [2.24, 2.45) is 11.3 Å². The summed E-state index contributed by atoms with van der Waals surface area (Å²) in [5, 5.41) is 4.86. The highest BCUT2D eigenvalue weighted by Crippen LogP contribution is 2.47. The second kappa shape index (κ2) is 14.2. The second-order valence-corrected chi connectivity index (χ2v) is 17.4. The monoisotopic (exact) mass is 731 g/mol. The van der Waals surface area contributed by atoms with E-state index in [2.05, 4.69) is 15.4 Å². The van der Waals surface area contributed by atoms with Crippen molar-refractivity contribution in [3.63, 3.8) is 0 Å². The maximum Gasteiger partial charge on any atom is 0.410 e. The van der Waals surface area contributed by atoms with Crippen molar-refractivity contribution in [3.8, 4) is 5.75 Å². The molecule has 3 N–H and O–H groups in total. The molecule has 1 unspecified atom stereocenters. The minimum absolute atomic E-state index is 0.0748. The summed E-state index contributed by atoms with van der Waals surface area (Å²) in [4.78, 5) is 71.3. The van der Waals surface area contributed by atoms with Crippen molar-refractivity contribution in [2.45, 2.75) is 121 Å². The van der Waals surface area contributed by atoms with E-state index in [0.717, 1.165) is 24.0 Å². The first kappa shape index (κ1) is 36.7. The van der Waals surface area contributed by atoms with Crippen LogP contribution in [0.4, 0.5) is 9.59 Å². The normalized spacial score (nSPS) is 28.9. The number of sulfonamides is 1. The molecule has 3 fully saturated rings. The van der Waals surface area contributed by atoms with Gasteiger partial charge in [-0.1, -0.05) is 46.2 Å². The smallest absolute Gasteiger partial charge is 0.410 e. The minimum Gasteiger partial charge on any atom is -0.493 e. The Bertz CT molecular complexity index is 1670. The van der Waals surface area contributed by atoms with E-state index in [9.17, 15) is 32.4 Å². The molecule has 280 valence electrons. The molecule has 3 heterocycles. The molecule has 1 aromatic carbocycles. The Morgan fingerprint density at radius 2 is 1.76 bits per heavy atom. The average molecular weight is 732 g/mol. The molecule has 5 aliphatic rings. The lowest BCUT2D eigenvalue weighted by atomic mass is 9.85. The van der Waals surface area contributed by atoms with Gasteiger partial charge in [0.1, 0.15) is 29.5 Å². The van der Waals surface area contributed by atoms with Gasteiger partial charge in [-0.2, -0.15) is 0 Å². The fourth-order valence-electron chi connectivity index (χ4n) is 7.24. The molecular formula is C35H49N5O10S. The zero-order valence-electron chi connectivity index (χ0n) is 29.7. The highest BCUT2D eigenvalue weighted by atomic mass is 32.2. The third-order valence-corrected chi connectivity index (χ3v) is 12.3. The summed E-state index contributed by atoms with van der Waals surface area (Å²) in [5.41, 5.74) is -0.460. The standard InChI is InChI=1S/C35H49N5O10S/c1-5-22-17-35(22,31(43)38-51(46,47)24-12-13-24)37-29(41)26-16-23-19-40(26)30(42)28(34(2,3)4)36-32(44)49-15-8-6-7-14-48-27-11-9-10-21-18-39(20-25(21)27)33(45)50-23/h9-11,22-24,26,28H,5-8,12-20H2,1-4H3,(H,36,44)(H,37,41)(H,38,43)/t22-,23?,26-,28+,35-/m0/s1. The largest absolute Gasteiger partial charge is 0.493 e.